The first-order valence-electron chi connectivity index (χ1n) is 9.25. The molecule has 4 nitrogen and oxygen atoms in total. The summed E-state index contributed by atoms with van der Waals surface area (Å²) in [4.78, 5) is 6.51. The second-order valence-corrected chi connectivity index (χ2v) is 7.20. The van der Waals surface area contributed by atoms with E-state index in [1.807, 2.05) is 0 Å². The van der Waals surface area contributed by atoms with Crippen molar-refractivity contribution in [1.29, 1.82) is 0 Å². The molecule has 0 bridgehead atoms. The molecule has 1 saturated heterocycles. The summed E-state index contributed by atoms with van der Waals surface area (Å²) in [5.74, 6) is 0.00552. The van der Waals surface area contributed by atoms with E-state index in [4.69, 9.17) is 0 Å². The molecule has 1 unspecified atom stereocenters. The quantitative estimate of drug-likeness (QED) is 0.266. The van der Waals surface area contributed by atoms with E-state index in [9.17, 15) is 17.6 Å². The number of nitrogens with one attached hydrogen (secondary N) is 2. The fraction of sp³-hybridized carbons (Fsp3) is 0.632. The number of likely N-dealkylation sites (tertiary alicyclic amines) is 1. The summed E-state index contributed by atoms with van der Waals surface area (Å²) in [5, 5.41) is 6.09. The van der Waals surface area contributed by atoms with Gasteiger partial charge in [0.25, 0.3) is 0 Å². The fourth-order valence-electron chi connectivity index (χ4n) is 3.34. The Morgan fingerprint density at radius 2 is 2.00 bits per heavy atom. The van der Waals surface area contributed by atoms with E-state index in [2.05, 4.69) is 34.4 Å². The average molecular weight is 516 g/mol. The number of halogens is 5. The monoisotopic (exact) mass is 516 g/mol. The second-order valence-electron chi connectivity index (χ2n) is 7.20. The zero-order valence-corrected chi connectivity index (χ0v) is 18.8. The maximum absolute atomic E-state index is 13.2. The van der Waals surface area contributed by atoms with Gasteiger partial charge in [-0.2, -0.15) is 13.2 Å². The first-order valence-corrected chi connectivity index (χ1v) is 9.25. The molecule has 0 aliphatic carbocycles. The summed E-state index contributed by atoms with van der Waals surface area (Å²) in [6, 6.07) is 3.21. The number of piperidine rings is 1. The van der Waals surface area contributed by atoms with Crippen molar-refractivity contribution in [3.05, 3.63) is 35.1 Å². The molecular weight excluding hydrogens is 487 g/mol. The average Bonchev–Trinajstić information content (AvgIpc) is 2.62. The van der Waals surface area contributed by atoms with Crippen LogP contribution in [0.5, 0.6) is 0 Å². The molecule has 1 aliphatic rings. The highest BCUT2D eigenvalue weighted by Crippen LogP contribution is 2.32. The number of guanidine groups is 1. The topological polar surface area (TPSA) is 39.7 Å². The van der Waals surface area contributed by atoms with Gasteiger partial charge in [0.15, 0.2) is 5.96 Å². The van der Waals surface area contributed by atoms with Gasteiger partial charge in [-0.05, 0) is 56.8 Å². The molecule has 1 atom stereocenters. The maximum atomic E-state index is 13.2. The highest BCUT2D eigenvalue weighted by Gasteiger charge is 2.33. The molecule has 0 aromatic heterocycles. The molecule has 28 heavy (non-hydrogen) atoms. The second kappa shape index (κ2) is 11.2. The van der Waals surface area contributed by atoms with E-state index in [0.29, 0.717) is 30.5 Å². The van der Waals surface area contributed by atoms with Gasteiger partial charge in [-0.3, -0.25) is 4.99 Å². The van der Waals surface area contributed by atoms with Crippen molar-refractivity contribution < 1.29 is 17.6 Å². The van der Waals surface area contributed by atoms with Crippen LogP contribution < -0.4 is 10.6 Å². The summed E-state index contributed by atoms with van der Waals surface area (Å²) < 4.78 is 52.4. The van der Waals surface area contributed by atoms with E-state index in [1.54, 1.807) is 7.05 Å². The molecule has 0 spiro atoms. The predicted molar refractivity (Wildman–Crippen MR) is 114 cm³/mol. The van der Waals surface area contributed by atoms with Gasteiger partial charge in [0.2, 0.25) is 0 Å². The van der Waals surface area contributed by atoms with E-state index < -0.39 is 17.6 Å². The van der Waals surface area contributed by atoms with Gasteiger partial charge in [0.1, 0.15) is 5.82 Å². The summed E-state index contributed by atoms with van der Waals surface area (Å²) in [5.41, 5.74) is -0.985. The Morgan fingerprint density at radius 3 is 2.61 bits per heavy atom. The van der Waals surface area contributed by atoms with Gasteiger partial charge in [0, 0.05) is 32.7 Å². The van der Waals surface area contributed by atoms with Crippen LogP contribution >= 0.6 is 24.0 Å². The van der Waals surface area contributed by atoms with Crippen LogP contribution in [0.3, 0.4) is 0 Å². The lowest BCUT2D eigenvalue weighted by atomic mass is 9.97. The molecule has 1 aromatic rings. The van der Waals surface area contributed by atoms with Crippen LogP contribution in [-0.2, 0) is 12.7 Å². The molecule has 2 rings (SSSR count). The van der Waals surface area contributed by atoms with E-state index in [-0.39, 0.29) is 36.1 Å². The van der Waals surface area contributed by atoms with Crippen molar-refractivity contribution in [2.45, 2.75) is 45.5 Å². The van der Waals surface area contributed by atoms with Crippen LogP contribution in [0.1, 0.15) is 37.8 Å². The number of alkyl halides is 3. The maximum Gasteiger partial charge on any atom is 0.416 e. The number of aliphatic imine (C=N–C) groups is 1. The lowest BCUT2D eigenvalue weighted by Gasteiger charge is -2.35. The van der Waals surface area contributed by atoms with E-state index in [0.717, 1.165) is 38.1 Å². The molecule has 0 radical (unpaired) electrons. The van der Waals surface area contributed by atoms with Crippen molar-refractivity contribution >= 4 is 29.9 Å². The highest BCUT2D eigenvalue weighted by atomic mass is 127. The molecule has 2 N–H and O–H groups in total. The smallest absolute Gasteiger partial charge is 0.356 e. The summed E-state index contributed by atoms with van der Waals surface area (Å²) >= 11 is 0. The third kappa shape index (κ3) is 7.38. The first-order chi connectivity index (χ1) is 12.7. The van der Waals surface area contributed by atoms with Gasteiger partial charge in [-0.15, -0.1) is 24.0 Å². The SMILES string of the molecule is CN=C(NCc1ccc(F)cc1C(F)(F)F)NCC1CCCN(C(C)C)C1.I. The van der Waals surface area contributed by atoms with Crippen LogP contribution in [0.4, 0.5) is 17.6 Å². The number of hydrogen-bond acceptors (Lipinski definition) is 2. The van der Waals surface area contributed by atoms with Crippen LogP contribution in [0.2, 0.25) is 0 Å². The van der Waals surface area contributed by atoms with Crippen LogP contribution in [0, 0.1) is 11.7 Å². The zero-order chi connectivity index (χ0) is 20.0. The molecule has 160 valence electrons. The minimum atomic E-state index is -4.60. The number of nitrogens with zero attached hydrogens (tertiary/aromatic N) is 2. The Balaban J connectivity index is 0.00000392. The van der Waals surface area contributed by atoms with Crippen LogP contribution in [0.25, 0.3) is 0 Å². The lowest BCUT2D eigenvalue weighted by molar-refractivity contribution is -0.138. The van der Waals surface area contributed by atoms with Crippen molar-refractivity contribution in [3.63, 3.8) is 0 Å². The fourth-order valence-corrected chi connectivity index (χ4v) is 3.34. The lowest BCUT2D eigenvalue weighted by Crippen LogP contribution is -2.46. The Hall–Kier alpha value is -1.10. The Bertz CT molecular complexity index is 649. The summed E-state index contributed by atoms with van der Waals surface area (Å²) in [6.07, 6.45) is -2.34. The zero-order valence-electron chi connectivity index (χ0n) is 16.4. The minimum Gasteiger partial charge on any atom is -0.356 e. The van der Waals surface area contributed by atoms with E-state index >= 15 is 0 Å². The van der Waals surface area contributed by atoms with Crippen molar-refractivity contribution in [2.24, 2.45) is 10.9 Å². The largest absolute Gasteiger partial charge is 0.416 e. The number of hydrogen-bond donors (Lipinski definition) is 2. The molecule has 0 amide bonds. The Morgan fingerprint density at radius 1 is 1.29 bits per heavy atom. The molecule has 1 aliphatic heterocycles. The molecule has 0 saturated carbocycles. The summed E-state index contributed by atoms with van der Waals surface area (Å²) in [7, 11) is 1.58. The molecule has 1 fully saturated rings. The van der Waals surface area contributed by atoms with Crippen LogP contribution in [-0.4, -0.2) is 43.6 Å². The highest BCUT2D eigenvalue weighted by molar-refractivity contribution is 14.0. The number of rotatable bonds is 5. The van der Waals surface area contributed by atoms with Crippen molar-refractivity contribution in [1.82, 2.24) is 15.5 Å². The summed E-state index contributed by atoms with van der Waals surface area (Å²) in [6.45, 7) is 7.08. The van der Waals surface area contributed by atoms with Gasteiger partial charge >= 0.3 is 6.18 Å². The molecule has 1 aromatic carbocycles. The molecule has 9 heteroatoms. The van der Waals surface area contributed by atoms with Gasteiger partial charge in [-0.25, -0.2) is 4.39 Å². The Kier molecular flexibility index (Phi) is 9.96. The van der Waals surface area contributed by atoms with Gasteiger partial charge in [0.05, 0.1) is 5.56 Å². The van der Waals surface area contributed by atoms with E-state index in [1.165, 1.54) is 0 Å². The van der Waals surface area contributed by atoms with Gasteiger partial charge in [-0.1, -0.05) is 6.07 Å². The molecule has 1 heterocycles. The Labute approximate surface area is 181 Å². The predicted octanol–water partition coefficient (Wildman–Crippen LogP) is 4.25. The normalized spacial score (nSPS) is 18.7. The molecular formula is C19H29F4IN4. The first kappa shape index (κ1) is 24.9. The minimum absolute atomic E-state index is 0. The third-order valence-corrected chi connectivity index (χ3v) is 4.89. The van der Waals surface area contributed by atoms with Gasteiger partial charge < -0.3 is 15.5 Å². The van der Waals surface area contributed by atoms with Crippen molar-refractivity contribution in [2.75, 3.05) is 26.7 Å². The third-order valence-electron chi connectivity index (χ3n) is 4.89. The van der Waals surface area contributed by atoms with Crippen LogP contribution in [0.15, 0.2) is 23.2 Å². The number of benzene rings is 1. The van der Waals surface area contributed by atoms with Crippen molar-refractivity contribution in [3.8, 4) is 0 Å². The standard InChI is InChI=1S/C19H28F4N4.HI/c1-13(2)27-8-4-5-14(12-27)10-25-18(24-3)26-11-15-6-7-16(20)9-17(15)19(21,22)23;/h6-7,9,13-14H,4-5,8,10-12H2,1-3H3,(H2,24,25,26);1H.